The minimum Gasteiger partial charge on any atom is -0.493 e. The maximum absolute atomic E-state index is 12.9. The van der Waals surface area contributed by atoms with Crippen LogP contribution in [-0.2, 0) is 4.79 Å². The van der Waals surface area contributed by atoms with Crippen molar-refractivity contribution >= 4 is 17.3 Å². The highest BCUT2D eigenvalue weighted by Gasteiger charge is 2.32. The summed E-state index contributed by atoms with van der Waals surface area (Å²) in [5.74, 6) is 0.865. The van der Waals surface area contributed by atoms with Crippen LogP contribution in [0.3, 0.4) is 0 Å². The largest absolute Gasteiger partial charge is 0.493 e. The molecule has 0 aliphatic heterocycles. The normalized spacial score (nSPS) is 13.0. The highest BCUT2D eigenvalue weighted by atomic mass is 16.5. The number of amides is 1. The predicted molar refractivity (Wildman–Crippen MR) is 103 cm³/mol. The average Bonchev–Trinajstić information content (AvgIpc) is 2.90. The van der Waals surface area contributed by atoms with Crippen molar-refractivity contribution in [2.45, 2.75) is 58.8 Å². The molecule has 0 spiro atoms. The summed E-state index contributed by atoms with van der Waals surface area (Å²) in [5, 5.41) is 2.87. The topological polar surface area (TPSA) is 64.6 Å². The number of methoxy groups -OCH3 is 2. The predicted octanol–water partition coefficient (Wildman–Crippen LogP) is 4.50. The number of Topliss-reactive ketones (excluding diaryl/α,β-unsaturated/α-hetero) is 1. The molecule has 0 atom stereocenters. The van der Waals surface area contributed by atoms with E-state index in [-0.39, 0.29) is 11.7 Å². The molecule has 0 aromatic heterocycles. The molecule has 0 saturated heterocycles. The van der Waals surface area contributed by atoms with Crippen LogP contribution in [0.25, 0.3) is 5.57 Å². The Bertz CT molecular complexity index is 706. The van der Waals surface area contributed by atoms with Crippen LogP contribution in [0.4, 0.5) is 0 Å². The summed E-state index contributed by atoms with van der Waals surface area (Å²) in [6, 6.07) is 3.56. The van der Waals surface area contributed by atoms with Crippen molar-refractivity contribution in [3.8, 4) is 11.5 Å². The highest BCUT2D eigenvalue weighted by molar-refractivity contribution is 6.22. The number of nitrogens with one attached hydrogen (secondary N) is 1. The molecule has 5 heteroatoms. The van der Waals surface area contributed by atoms with Gasteiger partial charge >= 0.3 is 0 Å². The summed E-state index contributed by atoms with van der Waals surface area (Å²) >= 11 is 0. The first-order chi connectivity index (χ1) is 12.6. The maximum Gasteiger partial charge on any atom is 0.224 e. The second-order valence-corrected chi connectivity index (χ2v) is 6.54. The fourth-order valence-electron chi connectivity index (χ4n) is 3.21. The number of ether oxygens (including phenoxy) is 2. The summed E-state index contributed by atoms with van der Waals surface area (Å²) in [4.78, 5) is 25.2. The van der Waals surface area contributed by atoms with E-state index in [2.05, 4.69) is 12.2 Å². The second kappa shape index (κ2) is 9.41. The van der Waals surface area contributed by atoms with Crippen molar-refractivity contribution in [3.63, 3.8) is 0 Å². The number of allylic oxidation sites excluding steroid dienone is 2. The van der Waals surface area contributed by atoms with Gasteiger partial charge in [0.05, 0.1) is 19.9 Å². The minimum atomic E-state index is -0.141. The van der Waals surface area contributed by atoms with Crippen LogP contribution in [0, 0.1) is 0 Å². The van der Waals surface area contributed by atoms with Crippen molar-refractivity contribution in [1.29, 1.82) is 0 Å². The van der Waals surface area contributed by atoms with E-state index < -0.39 is 0 Å². The minimum absolute atomic E-state index is 0.102. The van der Waals surface area contributed by atoms with Crippen LogP contribution >= 0.6 is 0 Å². The summed E-state index contributed by atoms with van der Waals surface area (Å²) in [7, 11) is 3.13. The molecule has 0 radical (unpaired) electrons. The van der Waals surface area contributed by atoms with Gasteiger partial charge in [-0.05, 0) is 42.5 Å². The zero-order valence-electron chi connectivity index (χ0n) is 16.2. The van der Waals surface area contributed by atoms with Crippen LogP contribution in [0.2, 0.25) is 0 Å². The van der Waals surface area contributed by atoms with E-state index in [9.17, 15) is 9.59 Å². The lowest BCUT2D eigenvalue weighted by Gasteiger charge is -2.11. The van der Waals surface area contributed by atoms with Gasteiger partial charge in [0.1, 0.15) is 0 Å². The zero-order chi connectivity index (χ0) is 19.1. The SMILES string of the molecule is CCCCCC1=C(NC(=O)CCCC)C(=O)c2cc(OC)c(OC)cc21. The molecule has 1 aromatic rings. The third kappa shape index (κ3) is 4.26. The molecule has 1 amide bonds. The van der Waals surface area contributed by atoms with E-state index in [1.807, 2.05) is 13.0 Å². The van der Waals surface area contributed by atoms with Gasteiger partial charge in [0.2, 0.25) is 11.7 Å². The standard InChI is InChI=1S/C21H29NO4/c1-5-7-9-10-14-15-12-17(25-3)18(26-4)13-16(15)21(24)20(14)22-19(23)11-8-6-2/h12-13H,5-11H2,1-4H3,(H,22,23,24). The molecular weight excluding hydrogens is 330 g/mol. The number of benzene rings is 1. The molecule has 0 fully saturated rings. The zero-order valence-corrected chi connectivity index (χ0v) is 16.2. The van der Waals surface area contributed by atoms with E-state index >= 15 is 0 Å². The Morgan fingerprint density at radius 1 is 0.962 bits per heavy atom. The van der Waals surface area contributed by atoms with E-state index in [0.29, 0.717) is 29.2 Å². The average molecular weight is 359 g/mol. The molecule has 0 bridgehead atoms. The lowest BCUT2D eigenvalue weighted by Crippen LogP contribution is -2.26. The van der Waals surface area contributed by atoms with Crippen molar-refractivity contribution in [2.24, 2.45) is 0 Å². The van der Waals surface area contributed by atoms with Crippen LogP contribution < -0.4 is 14.8 Å². The number of ketones is 1. The van der Waals surface area contributed by atoms with Gasteiger partial charge < -0.3 is 14.8 Å². The molecular formula is C21H29NO4. The molecule has 5 nitrogen and oxygen atoms in total. The molecule has 1 aromatic carbocycles. The van der Waals surface area contributed by atoms with E-state index in [4.69, 9.17) is 9.47 Å². The summed E-state index contributed by atoms with van der Waals surface area (Å²) < 4.78 is 10.7. The Morgan fingerprint density at radius 2 is 1.58 bits per heavy atom. The van der Waals surface area contributed by atoms with Crippen molar-refractivity contribution < 1.29 is 19.1 Å². The van der Waals surface area contributed by atoms with Gasteiger partial charge in [0.15, 0.2) is 11.5 Å². The van der Waals surface area contributed by atoms with Crippen molar-refractivity contribution in [1.82, 2.24) is 5.32 Å². The highest BCUT2D eigenvalue weighted by Crippen LogP contribution is 2.41. The molecule has 2 rings (SSSR count). The smallest absolute Gasteiger partial charge is 0.224 e. The van der Waals surface area contributed by atoms with Crippen molar-refractivity contribution in [3.05, 3.63) is 29.0 Å². The lowest BCUT2D eigenvalue weighted by molar-refractivity contribution is -0.120. The fraction of sp³-hybridized carbons (Fsp3) is 0.524. The van der Waals surface area contributed by atoms with E-state index in [1.54, 1.807) is 20.3 Å². The Kier molecular flexibility index (Phi) is 7.25. The Balaban J connectivity index is 2.40. The molecule has 26 heavy (non-hydrogen) atoms. The molecule has 1 aliphatic carbocycles. The molecule has 0 unspecified atom stereocenters. The third-order valence-corrected chi connectivity index (χ3v) is 4.67. The van der Waals surface area contributed by atoms with Gasteiger partial charge in [-0.3, -0.25) is 9.59 Å². The Hall–Kier alpha value is -2.30. The molecule has 1 aliphatic rings. The summed E-state index contributed by atoms with van der Waals surface area (Å²) in [6.07, 6.45) is 6.09. The third-order valence-electron chi connectivity index (χ3n) is 4.67. The van der Waals surface area contributed by atoms with Crippen LogP contribution in [-0.4, -0.2) is 25.9 Å². The number of hydrogen-bond donors (Lipinski definition) is 1. The first-order valence-corrected chi connectivity index (χ1v) is 9.41. The molecule has 1 N–H and O–H groups in total. The van der Waals surface area contributed by atoms with Crippen LogP contribution in [0.1, 0.15) is 74.7 Å². The van der Waals surface area contributed by atoms with Gasteiger partial charge in [0.25, 0.3) is 0 Å². The van der Waals surface area contributed by atoms with E-state index in [0.717, 1.165) is 49.7 Å². The number of carbonyl (C=O) groups is 2. The molecule has 0 saturated carbocycles. The first kappa shape index (κ1) is 20.0. The van der Waals surface area contributed by atoms with Gasteiger partial charge in [0, 0.05) is 12.0 Å². The fourth-order valence-corrected chi connectivity index (χ4v) is 3.21. The van der Waals surface area contributed by atoms with Gasteiger partial charge in [-0.2, -0.15) is 0 Å². The number of fused-ring (bicyclic) bond motifs is 1. The Labute approximate surface area is 155 Å². The van der Waals surface area contributed by atoms with Gasteiger partial charge in [-0.15, -0.1) is 0 Å². The van der Waals surface area contributed by atoms with Crippen LogP contribution in [0.5, 0.6) is 11.5 Å². The number of unbranched alkanes of at least 4 members (excludes halogenated alkanes) is 3. The quantitative estimate of drug-likeness (QED) is 0.625. The summed E-state index contributed by atoms with van der Waals surface area (Å²) in [6.45, 7) is 4.18. The lowest BCUT2D eigenvalue weighted by atomic mass is 9.99. The Morgan fingerprint density at radius 3 is 2.15 bits per heavy atom. The van der Waals surface area contributed by atoms with Gasteiger partial charge in [-0.25, -0.2) is 0 Å². The number of rotatable bonds is 10. The van der Waals surface area contributed by atoms with Crippen molar-refractivity contribution in [2.75, 3.05) is 14.2 Å². The maximum atomic E-state index is 12.9. The van der Waals surface area contributed by atoms with E-state index in [1.165, 1.54) is 0 Å². The van der Waals surface area contributed by atoms with Crippen LogP contribution in [0.15, 0.2) is 17.8 Å². The first-order valence-electron chi connectivity index (χ1n) is 9.41. The number of carbonyl (C=O) groups excluding carboxylic acids is 2. The monoisotopic (exact) mass is 359 g/mol. The van der Waals surface area contributed by atoms with Gasteiger partial charge in [-0.1, -0.05) is 33.1 Å². The number of hydrogen-bond acceptors (Lipinski definition) is 4. The summed E-state index contributed by atoms with van der Waals surface area (Å²) in [5.41, 5.74) is 2.74. The second-order valence-electron chi connectivity index (χ2n) is 6.54. The molecule has 0 heterocycles. The molecule has 142 valence electrons.